The highest BCUT2D eigenvalue weighted by Gasteiger charge is 2.38. The lowest BCUT2D eigenvalue weighted by molar-refractivity contribution is -0.134. The third kappa shape index (κ3) is 8.99. The predicted molar refractivity (Wildman–Crippen MR) is 171 cm³/mol. The molecule has 2 unspecified atom stereocenters. The van der Waals surface area contributed by atoms with Crippen molar-refractivity contribution in [2.24, 2.45) is 9.98 Å². The summed E-state index contributed by atoms with van der Waals surface area (Å²) in [5, 5.41) is 5.79. The van der Waals surface area contributed by atoms with E-state index in [1.54, 1.807) is 54.4 Å². The predicted octanol–water partition coefficient (Wildman–Crippen LogP) is 5.45. The van der Waals surface area contributed by atoms with Crippen LogP contribution in [0.2, 0.25) is 0 Å². The largest absolute Gasteiger partial charge is 0.367 e. The number of carbonyl (C=O) groups excluding carboxylic acids is 3. The van der Waals surface area contributed by atoms with E-state index in [0.717, 1.165) is 11.3 Å². The number of hydrogen-bond acceptors (Lipinski definition) is 7. The van der Waals surface area contributed by atoms with Crippen LogP contribution in [0.15, 0.2) is 89.5 Å². The zero-order valence-corrected chi connectivity index (χ0v) is 25.6. The molecule has 1 saturated heterocycles. The Balaban J connectivity index is 1.64. The summed E-state index contributed by atoms with van der Waals surface area (Å²) in [5.41, 5.74) is 2.97. The van der Waals surface area contributed by atoms with Gasteiger partial charge in [-0.25, -0.2) is 0 Å². The highest BCUT2D eigenvalue weighted by molar-refractivity contribution is 8.15. The molecule has 1 aliphatic rings. The van der Waals surface area contributed by atoms with Gasteiger partial charge in [-0.2, -0.15) is 0 Å². The van der Waals surface area contributed by atoms with Crippen molar-refractivity contribution in [1.29, 1.82) is 0 Å². The van der Waals surface area contributed by atoms with Gasteiger partial charge < -0.3 is 15.4 Å². The first-order valence-electron chi connectivity index (χ1n) is 13.8. The summed E-state index contributed by atoms with van der Waals surface area (Å²) in [6.07, 6.45) is 4.90. The van der Waals surface area contributed by atoms with Gasteiger partial charge in [-0.15, -0.1) is 0 Å². The highest BCUT2D eigenvalue weighted by Crippen LogP contribution is 2.40. The van der Waals surface area contributed by atoms with E-state index in [4.69, 9.17) is 9.73 Å². The van der Waals surface area contributed by atoms with E-state index >= 15 is 0 Å². The number of anilines is 1. The standard InChI is InChI=1S/C32H39N5O4S/c1-7-8-19-33-22(4)18-20-37-31(40)28(42-32(37)34-21(2)3)25-14-16-26(17-15-25)36-29(38)23(5)35-30(39)27(41-6)24-12-10-9-11-13-24/h7-17,19,21,23,27-28H,1,18,20H2,2-6H3,(H,35,39)(H,36,38)/b19-8-,33-22?,34-32?/t23-,27?,28?/m0/s1. The smallest absolute Gasteiger partial charge is 0.254 e. The van der Waals surface area contributed by atoms with Crippen LogP contribution in [0.3, 0.4) is 0 Å². The van der Waals surface area contributed by atoms with Gasteiger partial charge in [-0.3, -0.25) is 29.3 Å². The Labute approximate surface area is 252 Å². The zero-order chi connectivity index (χ0) is 30.6. The minimum Gasteiger partial charge on any atom is -0.367 e. The molecule has 9 nitrogen and oxygen atoms in total. The van der Waals surface area contributed by atoms with Crippen LogP contribution in [-0.4, -0.2) is 59.2 Å². The summed E-state index contributed by atoms with van der Waals surface area (Å²) in [6, 6.07) is 15.5. The van der Waals surface area contributed by atoms with Crippen LogP contribution in [0.1, 0.15) is 56.6 Å². The summed E-state index contributed by atoms with van der Waals surface area (Å²) < 4.78 is 5.35. The fourth-order valence-electron chi connectivity index (χ4n) is 4.13. The fraction of sp³-hybridized carbons (Fsp3) is 0.344. The van der Waals surface area contributed by atoms with Gasteiger partial charge in [0.25, 0.3) is 5.91 Å². The van der Waals surface area contributed by atoms with E-state index in [0.29, 0.717) is 29.4 Å². The molecule has 2 N–H and O–H groups in total. The van der Waals surface area contributed by atoms with Gasteiger partial charge in [0.2, 0.25) is 11.8 Å². The molecule has 0 bridgehead atoms. The Kier molecular flexibility index (Phi) is 12.3. The van der Waals surface area contributed by atoms with E-state index in [2.05, 4.69) is 22.2 Å². The molecule has 1 aliphatic heterocycles. The third-order valence-corrected chi connectivity index (χ3v) is 7.58. The fourth-order valence-corrected chi connectivity index (χ4v) is 5.44. The van der Waals surface area contributed by atoms with Crippen molar-refractivity contribution in [3.63, 3.8) is 0 Å². The minimum atomic E-state index is -0.823. The molecular weight excluding hydrogens is 550 g/mol. The molecule has 3 atom stereocenters. The van der Waals surface area contributed by atoms with Crippen molar-refractivity contribution in [3.05, 3.63) is 90.7 Å². The maximum absolute atomic E-state index is 13.4. The number of aliphatic imine (C=N–C) groups is 2. The molecular formula is C32H39N5O4S. The third-order valence-electron chi connectivity index (χ3n) is 6.34. The minimum absolute atomic E-state index is 0.0342. The van der Waals surface area contributed by atoms with E-state index in [9.17, 15) is 14.4 Å². The quantitative estimate of drug-likeness (QED) is 0.238. The van der Waals surface area contributed by atoms with Gasteiger partial charge in [0, 0.05) is 43.7 Å². The van der Waals surface area contributed by atoms with Crippen LogP contribution in [0.5, 0.6) is 0 Å². The summed E-state index contributed by atoms with van der Waals surface area (Å²) in [4.78, 5) is 49.8. The number of carbonyl (C=O) groups is 3. The van der Waals surface area contributed by atoms with Crippen LogP contribution in [0.4, 0.5) is 5.69 Å². The molecule has 222 valence electrons. The summed E-state index contributed by atoms with van der Waals surface area (Å²) in [7, 11) is 1.45. The van der Waals surface area contributed by atoms with Crippen LogP contribution in [0.25, 0.3) is 0 Å². The van der Waals surface area contributed by atoms with E-state index in [-0.39, 0.29) is 17.9 Å². The monoisotopic (exact) mass is 589 g/mol. The second-order valence-electron chi connectivity index (χ2n) is 10.1. The molecule has 2 aromatic rings. The number of rotatable bonds is 13. The lowest BCUT2D eigenvalue weighted by Gasteiger charge is -2.19. The molecule has 0 saturated carbocycles. The van der Waals surface area contributed by atoms with Gasteiger partial charge in [0.15, 0.2) is 11.3 Å². The number of ether oxygens (including phenoxy) is 1. The zero-order valence-electron chi connectivity index (χ0n) is 24.7. The number of hydrogen-bond donors (Lipinski definition) is 2. The SMILES string of the molecule is C=C/C=C\N=C(C)CCN1C(=O)C(c2ccc(NC(=O)[C@H](C)NC(=O)C(OC)c3ccccc3)cc2)SC1=NC(C)C. The maximum atomic E-state index is 13.4. The Hall–Kier alpha value is -4.02. The average molecular weight is 590 g/mol. The summed E-state index contributed by atoms with van der Waals surface area (Å²) in [5.74, 6) is -0.813. The average Bonchev–Trinajstić information content (AvgIpc) is 3.27. The number of amidine groups is 1. The number of methoxy groups -OCH3 is 1. The first kappa shape index (κ1) is 32.5. The van der Waals surface area contributed by atoms with Crippen molar-refractivity contribution < 1.29 is 19.1 Å². The van der Waals surface area contributed by atoms with E-state index in [1.165, 1.54) is 18.9 Å². The van der Waals surface area contributed by atoms with Crippen molar-refractivity contribution >= 4 is 46.1 Å². The van der Waals surface area contributed by atoms with E-state index < -0.39 is 23.3 Å². The van der Waals surface area contributed by atoms with E-state index in [1.807, 2.05) is 51.1 Å². The second kappa shape index (κ2) is 15.8. The highest BCUT2D eigenvalue weighted by atomic mass is 32.2. The second-order valence-corrected chi connectivity index (χ2v) is 11.1. The Morgan fingerprint density at radius 1 is 1.10 bits per heavy atom. The van der Waals surface area contributed by atoms with Crippen molar-refractivity contribution in [3.8, 4) is 0 Å². The molecule has 1 fully saturated rings. The van der Waals surface area contributed by atoms with Crippen LogP contribution >= 0.6 is 11.8 Å². The molecule has 3 amide bonds. The normalized spacial score (nSPS) is 18.0. The molecule has 10 heteroatoms. The molecule has 0 aromatic heterocycles. The Morgan fingerprint density at radius 2 is 1.79 bits per heavy atom. The molecule has 1 heterocycles. The van der Waals surface area contributed by atoms with Crippen LogP contribution in [-0.2, 0) is 19.1 Å². The van der Waals surface area contributed by atoms with Crippen molar-refractivity contribution in [1.82, 2.24) is 10.2 Å². The van der Waals surface area contributed by atoms with Crippen molar-refractivity contribution in [2.75, 3.05) is 19.0 Å². The van der Waals surface area contributed by atoms with Gasteiger partial charge in [0.1, 0.15) is 11.3 Å². The summed E-state index contributed by atoms with van der Waals surface area (Å²) >= 11 is 1.43. The van der Waals surface area contributed by atoms with Crippen molar-refractivity contribution in [2.45, 2.75) is 57.6 Å². The molecule has 0 aliphatic carbocycles. The maximum Gasteiger partial charge on any atom is 0.254 e. The number of thioether (sulfide) groups is 1. The van der Waals surface area contributed by atoms with Gasteiger partial charge in [-0.1, -0.05) is 66.9 Å². The molecule has 0 spiro atoms. The topological polar surface area (TPSA) is 112 Å². The Bertz CT molecular complexity index is 1340. The van der Waals surface area contributed by atoms with Crippen LogP contribution in [0, 0.1) is 0 Å². The molecule has 42 heavy (non-hydrogen) atoms. The molecule has 2 aromatic carbocycles. The lowest BCUT2D eigenvalue weighted by Crippen LogP contribution is -2.44. The first-order valence-corrected chi connectivity index (χ1v) is 14.7. The summed E-state index contributed by atoms with van der Waals surface area (Å²) in [6.45, 7) is 11.6. The lowest BCUT2D eigenvalue weighted by atomic mass is 10.1. The number of allylic oxidation sites excluding steroid dienone is 2. The van der Waals surface area contributed by atoms with Gasteiger partial charge >= 0.3 is 0 Å². The van der Waals surface area contributed by atoms with Gasteiger partial charge in [-0.05, 0) is 57.0 Å². The first-order chi connectivity index (χ1) is 20.1. The van der Waals surface area contributed by atoms with Gasteiger partial charge in [0.05, 0.1) is 0 Å². The van der Waals surface area contributed by atoms with Crippen LogP contribution < -0.4 is 10.6 Å². The number of nitrogens with zero attached hydrogens (tertiary/aromatic N) is 3. The molecule has 0 radical (unpaired) electrons. The molecule has 3 rings (SSSR count). The number of benzene rings is 2. The number of amides is 3. The Morgan fingerprint density at radius 3 is 2.40 bits per heavy atom. The number of nitrogens with one attached hydrogen (secondary N) is 2.